The summed E-state index contributed by atoms with van der Waals surface area (Å²) in [5.41, 5.74) is -1.14. The molecule has 2 fully saturated rings. The number of rotatable bonds is 3. The summed E-state index contributed by atoms with van der Waals surface area (Å²) in [5.74, 6) is -0.895. The van der Waals surface area contributed by atoms with E-state index in [0.29, 0.717) is 12.3 Å². The number of likely N-dealkylation sites (tertiary alicyclic amines) is 1. The van der Waals surface area contributed by atoms with Gasteiger partial charge in [-0.2, -0.15) is 13.2 Å². The highest BCUT2D eigenvalue weighted by Gasteiger charge is 2.56. The summed E-state index contributed by atoms with van der Waals surface area (Å²) in [6, 6.07) is 0. The van der Waals surface area contributed by atoms with E-state index in [0.717, 1.165) is 25.9 Å². The fourth-order valence-corrected chi connectivity index (χ4v) is 4.01. The van der Waals surface area contributed by atoms with Gasteiger partial charge in [-0.15, -0.1) is 0 Å². The molecule has 2 aliphatic rings. The van der Waals surface area contributed by atoms with Gasteiger partial charge in [-0.3, -0.25) is 4.79 Å². The normalized spacial score (nSPS) is 30.4. The topological polar surface area (TPSA) is 32.3 Å². The number of hydrogen-bond acceptors (Lipinski definition) is 2. The fraction of sp³-hybridized carbons (Fsp3) is 0.938. The molecule has 0 bridgehead atoms. The van der Waals surface area contributed by atoms with Gasteiger partial charge < -0.3 is 10.2 Å². The number of nitrogens with zero attached hydrogens (tertiary/aromatic N) is 1. The van der Waals surface area contributed by atoms with Gasteiger partial charge in [0.2, 0.25) is 5.91 Å². The molecular formula is C16H27F3N2O. The minimum Gasteiger partial charge on any atom is -0.337 e. The molecule has 2 rings (SSSR count). The van der Waals surface area contributed by atoms with Crippen molar-refractivity contribution in [3.05, 3.63) is 0 Å². The lowest BCUT2D eigenvalue weighted by atomic mass is 9.84. The van der Waals surface area contributed by atoms with Gasteiger partial charge in [0.15, 0.2) is 0 Å². The molecule has 1 N–H and O–H groups in total. The number of halogens is 3. The Hall–Kier alpha value is -0.780. The van der Waals surface area contributed by atoms with Crippen LogP contribution >= 0.6 is 0 Å². The first-order valence-corrected chi connectivity index (χ1v) is 8.22. The van der Waals surface area contributed by atoms with E-state index >= 15 is 0 Å². The molecule has 1 amide bonds. The number of carbonyl (C=O) groups excluding carboxylic acids is 1. The van der Waals surface area contributed by atoms with Crippen LogP contribution < -0.4 is 5.32 Å². The summed E-state index contributed by atoms with van der Waals surface area (Å²) in [5, 5.41) is 3.33. The van der Waals surface area contributed by atoms with E-state index in [1.807, 2.05) is 6.92 Å². The van der Waals surface area contributed by atoms with E-state index in [2.05, 4.69) is 5.32 Å². The number of piperidine rings is 1. The van der Waals surface area contributed by atoms with Gasteiger partial charge >= 0.3 is 6.18 Å². The van der Waals surface area contributed by atoms with Crippen LogP contribution in [0.4, 0.5) is 13.2 Å². The molecule has 2 aliphatic heterocycles. The molecule has 2 heterocycles. The van der Waals surface area contributed by atoms with E-state index in [4.69, 9.17) is 0 Å². The Kier molecular flexibility index (Phi) is 5.09. The van der Waals surface area contributed by atoms with Crippen LogP contribution in [-0.2, 0) is 4.79 Å². The smallest absolute Gasteiger partial charge is 0.337 e. The Morgan fingerprint density at radius 1 is 1.36 bits per heavy atom. The van der Waals surface area contributed by atoms with Crippen molar-refractivity contribution in [2.24, 2.45) is 17.8 Å². The molecule has 0 aromatic heterocycles. The largest absolute Gasteiger partial charge is 0.394 e. The highest BCUT2D eigenvalue weighted by atomic mass is 19.4. The number of nitrogens with one attached hydrogen (secondary N) is 1. The van der Waals surface area contributed by atoms with Crippen LogP contribution in [-0.4, -0.2) is 42.2 Å². The van der Waals surface area contributed by atoms with Crippen molar-refractivity contribution in [3.8, 4) is 0 Å². The summed E-state index contributed by atoms with van der Waals surface area (Å²) in [7, 11) is 0. The first-order valence-electron chi connectivity index (χ1n) is 8.22. The molecule has 22 heavy (non-hydrogen) atoms. The molecule has 0 radical (unpaired) electrons. The zero-order valence-corrected chi connectivity index (χ0v) is 13.7. The highest BCUT2D eigenvalue weighted by molar-refractivity contribution is 5.77. The predicted octanol–water partition coefficient (Wildman–Crippen LogP) is 3.20. The van der Waals surface area contributed by atoms with E-state index in [9.17, 15) is 18.0 Å². The maximum absolute atomic E-state index is 13.1. The second-order valence-corrected chi connectivity index (χ2v) is 7.37. The average Bonchev–Trinajstić information content (AvgIpc) is 2.74. The maximum Gasteiger partial charge on any atom is 0.394 e. The summed E-state index contributed by atoms with van der Waals surface area (Å²) < 4.78 is 39.3. The fourth-order valence-electron chi connectivity index (χ4n) is 4.01. The standard InChI is InChI=1S/C16H27F3N2O/c1-11(12-5-4-7-20-10-12)9-14(22)21-8-6-13(15(21,2)3)16(17,18)19/h11-13,20H,4-10H2,1-3H3. The molecule has 3 atom stereocenters. The summed E-state index contributed by atoms with van der Waals surface area (Å²) in [6.45, 7) is 7.27. The first kappa shape index (κ1) is 17.6. The van der Waals surface area contributed by atoms with Crippen LogP contribution in [0.5, 0.6) is 0 Å². The molecule has 0 spiro atoms. The third kappa shape index (κ3) is 3.58. The van der Waals surface area contributed by atoms with Crippen molar-refractivity contribution in [3.63, 3.8) is 0 Å². The van der Waals surface area contributed by atoms with Gasteiger partial charge in [0.1, 0.15) is 0 Å². The summed E-state index contributed by atoms with van der Waals surface area (Å²) in [6.07, 6.45) is -1.68. The van der Waals surface area contributed by atoms with Crippen LogP contribution in [0, 0.1) is 17.8 Å². The predicted molar refractivity (Wildman–Crippen MR) is 79.3 cm³/mol. The second kappa shape index (κ2) is 6.38. The van der Waals surface area contributed by atoms with Crippen LogP contribution in [0.25, 0.3) is 0 Å². The summed E-state index contributed by atoms with van der Waals surface area (Å²) >= 11 is 0. The van der Waals surface area contributed by atoms with Crippen molar-refractivity contribution in [1.29, 1.82) is 0 Å². The summed E-state index contributed by atoms with van der Waals surface area (Å²) in [4.78, 5) is 14.0. The molecule has 2 saturated heterocycles. The SMILES string of the molecule is CC(CC(=O)N1CCC(C(F)(F)F)C1(C)C)C1CCCNC1. The third-order valence-corrected chi connectivity index (χ3v) is 5.52. The van der Waals surface area contributed by atoms with E-state index in [1.54, 1.807) is 13.8 Å². The van der Waals surface area contributed by atoms with Crippen LogP contribution in [0.15, 0.2) is 0 Å². The van der Waals surface area contributed by atoms with E-state index in [1.165, 1.54) is 4.90 Å². The molecule has 3 unspecified atom stereocenters. The Labute approximate surface area is 130 Å². The molecule has 0 aromatic rings. The second-order valence-electron chi connectivity index (χ2n) is 7.37. The first-order chi connectivity index (χ1) is 10.1. The van der Waals surface area contributed by atoms with Gasteiger partial charge in [-0.1, -0.05) is 6.92 Å². The van der Waals surface area contributed by atoms with Crippen molar-refractivity contribution in [2.45, 2.75) is 58.2 Å². The van der Waals surface area contributed by atoms with Crippen LogP contribution in [0.1, 0.15) is 46.5 Å². The Morgan fingerprint density at radius 3 is 2.55 bits per heavy atom. The van der Waals surface area contributed by atoms with E-state index in [-0.39, 0.29) is 24.8 Å². The minimum atomic E-state index is -4.24. The van der Waals surface area contributed by atoms with Gasteiger partial charge in [-0.05, 0) is 58.0 Å². The van der Waals surface area contributed by atoms with Gasteiger partial charge in [0.25, 0.3) is 0 Å². The van der Waals surface area contributed by atoms with Crippen LogP contribution in [0.3, 0.4) is 0 Å². The third-order valence-electron chi connectivity index (χ3n) is 5.52. The Morgan fingerprint density at radius 2 is 2.05 bits per heavy atom. The van der Waals surface area contributed by atoms with Crippen LogP contribution in [0.2, 0.25) is 0 Å². The van der Waals surface area contributed by atoms with Gasteiger partial charge in [0, 0.05) is 18.5 Å². The Balaban J connectivity index is 1.98. The molecule has 0 aliphatic carbocycles. The van der Waals surface area contributed by atoms with Gasteiger partial charge in [0.05, 0.1) is 5.92 Å². The zero-order chi connectivity index (χ0) is 16.5. The average molecular weight is 320 g/mol. The monoisotopic (exact) mass is 320 g/mol. The van der Waals surface area contributed by atoms with E-state index < -0.39 is 17.6 Å². The molecule has 0 saturated carbocycles. The molecule has 128 valence electrons. The lowest BCUT2D eigenvalue weighted by Gasteiger charge is -2.38. The molecular weight excluding hydrogens is 293 g/mol. The van der Waals surface area contributed by atoms with Crippen molar-refractivity contribution in [2.75, 3.05) is 19.6 Å². The minimum absolute atomic E-state index is 0.0155. The number of carbonyl (C=O) groups is 1. The highest BCUT2D eigenvalue weighted by Crippen LogP contribution is 2.45. The van der Waals surface area contributed by atoms with Gasteiger partial charge in [-0.25, -0.2) is 0 Å². The number of alkyl halides is 3. The molecule has 0 aromatic carbocycles. The van der Waals surface area contributed by atoms with Crippen molar-refractivity contribution >= 4 is 5.91 Å². The zero-order valence-electron chi connectivity index (χ0n) is 13.7. The molecule has 6 heteroatoms. The maximum atomic E-state index is 13.1. The molecule has 3 nitrogen and oxygen atoms in total. The van der Waals surface area contributed by atoms with Crippen molar-refractivity contribution in [1.82, 2.24) is 10.2 Å². The lowest BCUT2D eigenvalue weighted by Crippen LogP contribution is -2.50. The number of hydrogen-bond donors (Lipinski definition) is 1. The Bertz CT molecular complexity index is 403. The lowest BCUT2D eigenvalue weighted by molar-refractivity contribution is -0.192. The van der Waals surface area contributed by atoms with Crippen molar-refractivity contribution < 1.29 is 18.0 Å². The number of amides is 1. The quantitative estimate of drug-likeness (QED) is 0.866.